The van der Waals surface area contributed by atoms with Crippen molar-refractivity contribution in [3.8, 4) is 5.88 Å². The number of pyridine rings is 1. The van der Waals surface area contributed by atoms with Crippen LogP contribution >= 0.6 is 0 Å². The highest BCUT2D eigenvalue weighted by atomic mass is 16.5. The molecule has 0 saturated heterocycles. The molecule has 0 bridgehead atoms. The summed E-state index contributed by atoms with van der Waals surface area (Å²) in [6.07, 6.45) is 9.72. The van der Waals surface area contributed by atoms with Crippen LogP contribution < -0.4 is 10.1 Å². The molecule has 1 aromatic heterocycles. The van der Waals surface area contributed by atoms with Gasteiger partial charge in [-0.2, -0.15) is 0 Å². The number of rotatable bonds is 5. The Morgan fingerprint density at radius 3 is 2.74 bits per heavy atom. The highest BCUT2D eigenvalue weighted by Gasteiger charge is 2.36. The molecule has 2 saturated carbocycles. The molecule has 2 heterocycles. The number of ether oxygens (including phenoxy) is 1. The largest absolute Gasteiger partial charge is 0.481 e. The average molecular weight is 372 g/mol. The van der Waals surface area contributed by atoms with Gasteiger partial charge in [-0.15, -0.1) is 0 Å². The lowest BCUT2D eigenvalue weighted by molar-refractivity contribution is 0.0706. The summed E-state index contributed by atoms with van der Waals surface area (Å²) in [5, 5.41) is 3.70. The molecule has 2 aliphatic carbocycles. The molecule has 0 radical (unpaired) electrons. The van der Waals surface area contributed by atoms with Gasteiger partial charge in [0.25, 0.3) is 5.91 Å². The maximum atomic E-state index is 13.0. The standard InChI is InChI=1S/C22H33N3O2/c1-22(2)10-6-7-16(12-22)23-13-15-11-18-19(24-20(15)27-3)14-25(21(18)26)17-8-4-5-9-17/h11,16-17,23H,4-10,12-14H2,1-3H3. The first-order valence-corrected chi connectivity index (χ1v) is 10.6. The Labute approximate surface area is 162 Å². The van der Waals surface area contributed by atoms with Gasteiger partial charge in [-0.25, -0.2) is 4.98 Å². The van der Waals surface area contributed by atoms with Crippen molar-refractivity contribution in [3.63, 3.8) is 0 Å². The summed E-state index contributed by atoms with van der Waals surface area (Å²) >= 11 is 0. The number of amides is 1. The monoisotopic (exact) mass is 371 g/mol. The van der Waals surface area contributed by atoms with Crippen LogP contribution in [-0.4, -0.2) is 35.0 Å². The van der Waals surface area contributed by atoms with Crippen LogP contribution in [0.5, 0.6) is 5.88 Å². The third-order valence-corrected chi connectivity index (χ3v) is 6.70. The van der Waals surface area contributed by atoms with Gasteiger partial charge < -0.3 is 15.0 Å². The highest BCUT2D eigenvalue weighted by molar-refractivity contribution is 5.98. The van der Waals surface area contributed by atoms with E-state index in [0.29, 0.717) is 36.5 Å². The van der Waals surface area contributed by atoms with E-state index in [1.165, 1.54) is 38.5 Å². The molecule has 0 spiro atoms. The van der Waals surface area contributed by atoms with Crippen LogP contribution in [0.25, 0.3) is 0 Å². The predicted molar refractivity (Wildman–Crippen MR) is 106 cm³/mol. The minimum Gasteiger partial charge on any atom is -0.481 e. The number of fused-ring (bicyclic) bond motifs is 1. The van der Waals surface area contributed by atoms with Crippen LogP contribution in [0.4, 0.5) is 0 Å². The van der Waals surface area contributed by atoms with E-state index in [1.807, 2.05) is 11.0 Å². The molecule has 2 fully saturated rings. The van der Waals surface area contributed by atoms with Crippen LogP contribution in [0.1, 0.15) is 86.8 Å². The molecule has 1 N–H and O–H groups in total. The van der Waals surface area contributed by atoms with Gasteiger partial charge in [0, 0.05) is 24.2 Å². The van der Waals surface area contributed by atoms with Crippen LogP contribution in [0.2, 0.25) is 0 Å². The van der Waals surface area contributed by atoms with Crippen molar-refractivity contribution in [3.05, 3.63) is 22.9 Å². The van der Waals surface area contributed by atoms with Gasteiger partial charge in [0.15, 0.2) is 0 Å². The van der Waals surface area contributed by atoms with Crippen molar-refractivity contribution in [2.24, 2.45) is 5.41 Å². The molecule has 4 rings (SSSR count). The Morgan fingerprint density at radius 2 is 2.04 bits per heavy atom. The van der Waals surface area contributed by atoms with Crippen molar-refractivity contribution >= 4 is 5.91 Å². The molecule has 148 valence electrons. The number of carbonyl (C=O) groups excluding carboxylic acids is 1. The first-order valence-electron chi connectivity index (χ1n) is 10.6. The topological polar surface area (TPSA) is 54.5 Å². The molecule has 0 aromatic carbocycles. The Kier molecular flexibility index (Phi) is 5.15. The van der Waals surface area contributed by atoms with Gasteiger partial charge in [0.1, 0.15) is 0 Å². The summed E-state index contributed by atoms with van der Waals surface area (Å²) in [5.74, 6) is 0.824. The Hall–Kier alpha value is -1.62. The predicted octanol–water partition coefficient (Wildman–Crippen LogP) is 4.05. The summed E-state index contributed by atoms with van der Waals surface area (Å²) in [5.41, 5.74) is 3.07. The Morgan fingerprint density at radius 1 is 1.26 bits per heavy atom. The molecule has 1 aliphatic heterocycles. The Balaban J connectivity index is 1.49. The van der Waals surface area contributed by atoms with Crippen molar-refractivity contribution in [1.29, 1.82) is 0 Å². The quantitative estimate of drug-likeness (QED) is 0.848. The lowest BCUT2D eigenvalue weighted by Gasteiger charge is -2.35. The summed E-state index contributed by atoms with van der Waals surface area (Å²) < 4.78 is 5.57. The number of hydrogen-bond acceptors (Lipinski definition) is 4. The number of carbonyl (C=O) groups is 1. The van der Waals surface area contributed by atoms with Gasteiger partial charge >= 0.3 is 0 Å². The zero-order valence-electron chi connectivity index (χ0n) is 17.0. The number of nitrogens with zero attached hydrogens (tertiary/aromatic N) is 2. The molecule has 1 unspecified atom stereocenters. The zero-order valence-corrected chi connectivity index (χ0v) is 17.0. The smallest absolute Gasteiger partial charge is 0.256 e. The SMILES string of the molecule is COc1nc2c(cc1CNC1CCCC(C)(C)C1)C(=O)N(C1CCCC1)C2. The van der Waals surface area contributed by atoms with Gasteiger partial charge in [-0.3, -0.25) is 4.79 Å². The molecule has 27 heavy (non-hydrogen) atoms. The van der Waals surface area contributed by atoms with E-state index in [0.717, 1.165) is 29.7 Å². The zero-order chi connectivity index (χ0) is 19.0. The summed E-state index contributed by atoms with van der Waals surface area (Å²) in [7, 11) is 1.67. The third-order valence-electron chi connectivity index (χ3n) is 6.70. The molecular weight excluding hydrogens is 338 g/mol. The van der Waals surface area contributed by atoms with Crippen LogP contribution in [0.3, 0.4) is 0 Å². The highest BCUT2D eigenvalue weighted by Crippen LogP contribution is 2.36. The van der Waals surface area contributed by atoms with E-state index >= 15 is 0 Å². The molecular formula is C22H33N3O2. The maximum Gasteiger partial charge on any atom is 0.256 e. The average Bonchev–Trinajstić information content (AvgIpc) is 3.26. The molecule has 1 atom stereocenters. The second-order valence-corrected chi connectivity index (χ2v) is 9.36. The third kappa shape index (κ3) is 3.84. The van der Waals surface area contributed by atoms with E-state index < -0.39 is 0 Å². The van der Waals surface area contributed by atoms with E-state index in [9.17, 15) is 4.79 Å². The Bertz CT molecular complexity index is 710. The fourth-order valence-electron chi connectivity index (χ4n) is 5.21. The summed E-state index contributed by atoms with van der Waals surface area (Å²) in [6.45, 7) is 6.06. The second-order valence-electron chi connectivity index (χ2n) is 9.36. The van der Waals surface area contributed by atoms with E-state index in [1.54, 1.807) is 7.11 Å². The first kappa shape index (κ1) is 18.7. The number of aromatic nitrogens is 1. The van der Waals surface area contributed by atoms with Crippen LogP contribution in [-0.2, 0) is 13.1 Å². The van der Waals surface area contributed by atoms with Gasteiger partial charge in [-0.05, 0) is 43.6 Å². The fourth-order valence-corrected chi connectivity index (χ4v) is 5.21. The minimum atomic E-state index is 0.159. The van der Waals surface area contributed by atoms with E-state index in [4.69, 9.17) is 9.72 Å². The lowest BCUT2D eigenvalue weighted by Crippen LogP contribution is -2.37. The maximum absolute atomic E-state index is 13.0. The molecule has 1 aromatic rings. The number of nitrogens with one attached hydrogen (secondary N) is 1. The molecule has 3 aliphatic rings. The summed E-state index contributed by atoms with van der Waals surface area (Å²) in [4.78, 5) is 19.7. The molecule has 5 nitrogen and oxygen atoms in total. The minimum absolute atomic E-state index is 0.159. The van der Waals surface area contributed by atoms with E-state index in [-0.39, 0.29) is 5.91 Å². The van der Waals surface area contributed by atoms with Gasteiger partial charge in [0.2, 0.25) is 5.88 Å². The van der Waals surface area contributed by atoms with Crippen molar-refractivity contribution in [2.45, 2.75) is 90.4 Å². The summed E-state index contributed by atoms with van der Waals surface area (Å²) in [6, 6.07) is 2.94. The van der Waals surface area contributed by atoms with Gasteiger partial charge in [-0.1, -0.05) is 33.1 Å². The lowest BCUT2D eigenvalue weighted by atomic mass is 9.75. The van der Waals surface area contributed by atoms with E-state index in [2.05, 4.69) is 19.2 Å². The van der Waals surface area contributed by atoms with Crippen LogP contribution in [0, 0.1) is 5.41 Å². The van der Waals surface area contributed by atoms with Gasteiger partial charge in [0.05, 0.1) is 24.9 Å². The molecule has 1 amide bonds. The normalized spacial score (nSPS) is 25.1. The van der Waals surface area contributed by atoms with Crippen molar-refractivity contribution < 1.29 is 9.53 Å². The fraction of sp³-hybridized carbons (Fsp3) is 0.727. The second kappa shape index (κ2) is 7.42. The van der Waals surface area contributed by atoms with Crippen molar-refractivity contribution in [2.75, 3.05) is 7.11 Å². The first-order chi connectivity index (χ1) is 13.0. The number of hydrogen-bond donors (Lipinski definition) is 1. The molecule has 5 heteroatoms. The number of methoxy groups -OCH3 is 1. The van der Waals surface area contributed by atoms with Crippen molar-refractivity contribution in [1.82, 2.24) is 15.2 Å². The van der Waals surface area contributed by atoms with Crippen LogP contribution in [0.15, 0.2) is 6.07 Å².